The number of fused-ring (bicyclic) bond motifs is 1. The van der Waals surface area contributed by atoms with Crippen LogP contribution in [0.25, 0.3) is 0 Å². The number of nitrogens with zero attached hydrogens (tertiary/aromatic N) is 4. The lowest BCUT2D eigenvalue weighted by Crippen LogP contribution is -2.41. The molecule has 1 aromatic carbocycles. The molecule has 1 saturated heterocycles. The minimum atomic E-state index is -3.95. The number of methoxy groups -OCH3 is 1. The van der Waals surface area contributed by atoms with E-state index >= 15 is 0 Å². The van der Waals surface area contributed by atoms with E-state index in [1.807, 2.05) is 11.8 Å². The number of aromatic nitrogens is 2. The molecule has 0 bridgehead atoms. The summed E-state index contributed by atoms with van der Waals surface area (Å²) in [5.41, 5.74) is 1.55. The van der Waals surface area contributed by atoms with Gasteiger partial charge in [-0.05, 0) is 31.9 Å². The van der Waals surface area contributed by atoms with Gasteiger partial charge in [0.15, 0.2) is 21.5 Å². The van der Waals surface area contributed by atoms with Crippen LogP contribution in [-0.2, 0) is 32.3 Å². The Morgan fingerprint density at radius 2 is 1.92 bits per heavy atom. The van der Waals surface area contributed by atoms with E-state index in [0.717, 1.165) is 23.5 Å². The highest BCUT2D eigenvalue weighted by atomic mass is 32.2. The summed E-state index contributed by atoms with van der Waals surface area (Å²) in [4.78, 5) is 24.8. The number of ether oxygens (including phenoxy) is 1. The maximum absolute atomic E-state index is 14.2. The van der Waals surface area contributed by atoms with Crippen molar-refractivity contribution in [1.29, 1.82) is 0 Å². The molecule has 0 saturated carbocycles. The second-order valence-electron chi connectivity index (χ2n) is 9.29. The Kier molecular flexibility index (Phi) is 7.74. The third kappa shape index (κ3) is 5.44. The molecule has 0 aliphatic carbocycles. The molecule has 0 radical (unpaired) electrons. The monoisotopic (exact) mass is 523 g/mol. The molecule has 4 rings (SSSR count). The van der Waals surface area contributed by atoms with Gasteiger partial charge in [0.1, 0.15) is 16.5 Å². The Labute approximate surface area is 209 Å². The standard InChI is InChI=1S/C24H31F2N5O4S/c1-15(14-35-3)27-23-24(29-20-8-11-31(16(2)32)13-21(20)28-23)30-9-6-18(7-10-30)36(33,34)22-5-4-17(25)12-19(22)26/h4-5,12,15,18H,6-11,13-14H2,1-3H3,(H,27,28)/t15-/m0/s1. The van der Waals surface area contributed by atoms with Crippen LogP contribution in [0, 0.1) is 11.6 Å². The summed E-state index contributed by atoms with van der Waals surface area (Å²) in [6, 6.07) is 2.48. The normalized spacial score (nSPS) is 17.6. The fourth-order valence-corrected chi connectivity index (χ4v) is 6.48. The van der Waals surface area contributed by atoms with Gasteiger partial charge in [0.2, 0.25) is 5.91 Å². The number of hydrogen-bond acceptors (Lipinski definition) is 8. The third-order valence-electron chi connectivity index (χ3n) is 6.62. The fraction of sp³-hybridized carbons (Fsp3) is 0.542. The highest BCUT2D eigenvalue weighted by Gasteiger charge is 2.35. The number of anilines is 2. The Bertz CT molecular complexity index is 1240. The summed E-state index contributed by atoms with van der Waals surface area (Å²) in [5, 5.41) is 2.55. The number of rotatable bonds is 7. The number of hydrogen-bond donors (Lipinski definition) is 1. The van der Waals surface area contributed by atoms with Crippen LogP contribution in [-0.4, -0.2) is 73.8 Å². The van der Waals surface area contributed by atoms with Crippen molar-refractivity contribution in [2.24, 2.45) is 0 Å². The number of benzene rings is 1. The molecule has 3 heterocycles. The molecule has 1 aromatic heterocycles. The maximum atomic E-state index is 14.2. The first-order valence-corrected chi connectivity index (χ1v) is 13.5. The second kappa shape index (κ2) is 10.6. The number of sulfone groups is 1. The van der Waals surface area contributed by atoms with E-state index in [1.165, 1.54) is 6.92 Å². The number of halogens is 2. The first-order chi connectivity index (χ1) is 17.1. The number of carbonyl (C=O) groups excluding carboxylic acids is 1. The first kappa shape index (κ1) is 26.2. The van der Waals surface area contributed by atoms with Gasteiger partial charge in [-0.1, -0.05) is 0 Å². The number of piperidine rings is 1. The predicted octanol–water partition coefficient (Wildman–Crippen LogP) is 2.55. The van der Waals surface area contributed by atoms with Crippen LogP contribution in [0.3, 0.4) is 0 Å². The highest BCUT2D eigenvalue weighted by Crippen LogP contribution is 2.32. The molecule has 1 N–H and O–H groups in total. The lowest BCUT2D eigenvalue weighted by atomic mass is 10.1. The second-order valence-corrected chi connectivity index (χ2v) is 11.5. The highest BCUT2D eigenvalue weighted by molar-refractivity contribution is 7.92. The first-order valence-electron chi connectivity index (χ1n) is 11.9. The molecule has 2 aliphatic rings. The van der Waals surface area contributed by atoms with Gasteiger partial charge in [0.05, 0.1) is 29.8 Å². The minimum absolute atomic E-state index is 0.0188. The van der Waals surface area contributed by atoms with E-state index in [-0.39, 0.29) is 24.8 Å². The van der Waals surface area contributed by atoms with Crippen molar-refractivity contribution in [2.75, 3.05) is 43.6 Å². The molecular formula is C24H31F2N5O4S. The fourth-order valence-electron chi connectivity index (χ4n) is 4.70. The Morgan fingerprint density at radius 1 is 1.19 bits per heavy atom. The molecule has 1 amide bonds. The van der Waals surface area contributed by atoms with Crippen LogP contribution in [0.15, 0.2) is 23.1 Å². The van der Waals surface area contributed by atoms with Crippen molar-refractivity contribution < 1.29 is 26.7 Å². The lowest BCUT2D eigenvalue weighted by Gasteiger charge is -2.35. The third-order valence-corrected chi connectivity index (χ3v) is 8.91. The van der Waals surface area contributed by atoms with Gasteiger partial charge in [0, 0.05) is 52.2 Å². The minimum Gasteiger partial charge on any atom is -0.383 e. The molecule has 12 heteroatoms. The van der Waals surface area contributed by atoms with Gasteiger partial charge in [-0.3, -0.25) is 4.79 Å². The Balaban J connectivity index is 1.57. The molecule has 0 spiro atoms. The van der Waals surface area contributed by atoms with Crippen LogP contribution in [0.1, 0.15) is 38.1 Å². The van der Waals surface area contributed by atoms with Gasteiger partial charge < -0.3 is 19.9 Å². The zero-order valence-electron chi connectivity index (χ0n) is 20.6. The van der Waals surface area contributed by atoms with Gasteiger partial charge in [-0.25, -0.2) is 27.2 Å². The van der Waals surface area contributed by atoms with Crippen molar-refractivity contribution in [3.63, 3.8) is 0 Å². The van der Waals surface area contributed by atoms with E-state index in [9.17, 15) is 22.0 Å². The molecule has 36 heavy (non-hydrogen) atoms. The Morgan fingerprint density at radius 3 is 2.56 bits per heavy atom. The SMILES string of the molecule is COC[C@H](C)Nc1nc2c(nc1N1CCC(S(=O)(=O)c3ccc(F)cc3F)CC1)CCN(C(C)=O)C2. The van der Waals surface area contributed by atoms with Gasteiger partial charge in [-0.2, -0.15) is 0 Å². The van der Waals surface area contributed by atoms with Crippen LogP contribution < -0.4 is 10.2 Å². The van der Waals surface area contributed by atoms with Gasteiger partial charge in [-0.15, -0.1) is 0 Å². The molecule has 1 atom stereocenters. The summed E-state index contributed by atoms with van der Waals surface area (Å²) in [6.45, 7) is 5.64. The average Bonchev–Trinajstić information content (AvgIpc) is 2.83. The Hall–Kier alpha value is -2.86. The van der Waals surface area contributed by atoms with Crippen LogP contribution in [0.4, 0.5) is 20.4 Å². The van der Waals surface area contributed by atoms with E-state index in [1.54, 1.807) is 12.0 Å². The summed E-state index contributed by atoms with van der Waals surface area (Å²) >= 11 is 0. The smallest absolute Gasteiger partial charge is 0.219 e. The van der Waals surface area contributed by atoms with E-state index in [0.29, 0.717) is 56.9 Å². The zero-order valence-corrected chi connectivity index (χ0v) is 21.4. The van der Waals surface area contributed by atoms with Crippen LogP contribution in [0.2, 0.25) is 0 Å². The van der Waals surface area contributed by atoms with Gasteiger partial charge in [0.25, 0.3) is 0 Å². The van der Waals surface area contributed by atoms with Crippen LogP contribution in [0.5, 0.6) is 0 Å². The molecular weight excluding hydrogens is 492 g/mol. The van der Waals surface area contributed by atoms with Crippen LogP contribution >= 0.6 is 0 Å². The zero-order chi connectivity index (χ0) is 26.0. The van der Waals surface area contributed by atoms with Crippen molar-refractivity contribution in [1.82, 2.24) is 14.9 Å². The molecule has 196 valence electrons. The number of carbonyl (C=O) groups is 1. The lowest BCUT2D eigenvalue weighted by molar-refractivity contribution is -0.129. The predicted molar refractivity (Wildman–Crippen MR) is 131 cm³/mol. The largest absolute Gasteiger partial charge is 0.383 e. The van der Waals surface area contributed by atoms with Crippen molar-refractivity contribution in [2.45, 2.75) is 55.8 Å². The van der Waals surface area contributed by atoms with E-state index in [2.05, 4.69) is 5.32 Å². The van der Waals surface area contributed by atoms with Crippen molar-refractivity contribution >= 4 is 27.4 Å². The quantitative estimate of drug-likeness (QED) is 0.553. The van der Waals surface area contributed by atoms with E-state index < -0.39 is 31.6 Å². The molecule has 2 aromatic rings. The maximum Gasteiger partial charge on any atom is 0.219 e. The molecule has 1 fully saturated rings. The summed E-state index contributed by atoms with van der Waals surface area (Å²) < 4.78 is 58.9. The number of amides is 1. The summed E-state index contributed by atoms with van der Waals surface area (Å²) in [5.74, 6) is -0.737. The van der Waals surface area contributed by atoms with Crippen molar-refractivity contribution in [3.8, 4) is 0 Å². The summed E-state index contributed by atoms with van der Waals surface area (Å²) in [6.07, 6.45) is 1.11. The molecule has 2 aliphatic heterocycles. The number of nitrogens with one attached hydrogen (secondary N) is 1. The van der Waals surface area contributed by atoms with Gasteiger partial charge >= 0.3 is 0 Å². The molecule has 9 nitrogen and oxygen atoms in total. The van der Waals surface area contributed by atoms with Crippen molar-refractivity contribution in [3.05, 3.63) is 41.2 Å². The average molecular weight is 524 g/mol. The summed E-state index contributed by atoms with van der Waals surface area (Å²) in [7, 11) is -2.35. The topological polar surface area (TPSA) is 105 Å². The van der Waals surface area contributed by atoms with E-state index in [4.69, 9.17) is 14.7 Å². The molecule has 0 unspecified atom stereocenters.